The van der Waals surface area contributed by atoms with Gasteiger partial charge in [0.2, 0.25) is 17.5 Å². The number of ether oxygens (including phenoxy) is 1. The fourth-order valence-corrected chi connectivity index (χ4v) is 4.01. The van der Waals surface area contributed by atoms with Gasteiger partial charge < -0.3 is 25.4 Å². The van der Waals surface area contributed by atoms with Crippen LogP contribution in [0.1, 0.15) is 59.3 Å². The van der Waals surface area contributed by atoms with Crippen LogP contribution >= 0.6 is 0 Å². The fraction of sp³-hybridized carbons (Fsp3) is 0.810. The molecule has 10 nitrogen and oxygen atoms in total. The Balaban J connectivity index is 1.90. The van der Waals surface area contributed by atoms with E-state index >= 15 is 0 Å². The van der Waals surface area contributed by atoms with E-state index in [1.165, 1.54) is 6.92 Å². The van der Waals surface area contributed by atoms with Gasteiger partial charge in [0.25, 0.3) is 0 Å². The minimum Gasteiger partial charge on any atom is -0.478 e. The summed E-state index contributed by atoms with van der Waals surface area (Å²) in [4.78, 5) is 50.7. The Morgan fingerprint density at radius 1 is 1.16 bits per heavy atom. The van der Waals surface area contributed by atoms with Gasteiger partial charge in [-0.25, -0.2) is 9.59 Å². The molecule has 2 heterocycles. The van der Waals surface area contributed by atoms with Crippen LogP contribution in [0.2, 0.25) is 0 Å². The molecular weight excluding hydrogens is 404 g/mol. The van der Waals surface area contributed by atoms with Crippen molar-refractivity contribution in [2.75, 3.05) is 26.2 Å². The van der Waals surface area contributed by atoms with E-state index in [9.17, 15) is 24.3 Å². The molecule has 4 N–H and O–H groups in total. The lowest BCUT2D eigenvalue weighted by atomic mass is 9.92. The number of carboxylic acid groups (broad SMARTS) is 1. The second-order valence-electron chi connectivity index (χ2n) is 8.91. The van der Waals surface area contributed by atoms with Crippen LogP contribution in [0.15, 0.2) is 0 Å². The van der Waals surface area contributed by atoms with Gasteiger partial charge in [0.15, 0.2) is 0 Å². The van der Waals surface area contributed by atoms with Gasteiger partial charge in [-0.1, -0.05) is 0 Å². The summed E-state index contributed by atoms with van der Waals surface area (Å²) in [5.41, 5.74) is -2.01. The standard InChI is InChI=1S/C21H36N4O6/c1-14(2)31-20(30)24-21(3,19(28)29)23-18(27)16-5-4-12-25(13-16)17(26)7-6-15-8-10-22-11-9-15/h14-16,22H,4-13H2,1-3H3,(H,23,27)(H,24,30)(H,28,29)/t16-,21-/m1/s1. The molecule has 2 rings (SSSR count). The average molecular weight is 441 g/mol. The molecule has 3 amide bonds. The summed E-state index contributed by atoms with van der Waals surface area (Å²) in [5, 5.41) is 17.5. The molecule has 2 fully saturated rings. The normalized spacial score (nSPS) is 21.8. The van der Waals surface area contributed by atoms with Gasteiger partial charge in [-0.05, 0) is 71.9 Å². The third kappa shape index (κ3) is 7.68. The molecule has 10 heteroatoms. The Bertz CT molecular complexity index is 664. The number of carboxylic acids is 1. The average Bonchev–Trinajstić information content (AvgIpc) is 2.72. The first kappa shape index (κ1) is 24.9. The number of rotatable bonds is 8. The molecule has 0 aromatic heterocycles. The van der Waals surface area contributed by atoms with Gasteiger partial charge in [-0.2, -0.15) is 0 Å². The number of carbonyl (C=O) groups excluding carboxylic acids is 3. The van der Waals surface area contributed by atoms with Crippen LogP contribution in [0, 0.1) is 11.8 Å². The maximum atomic E-state index is 12.8. The summed E-state index contributed by atoms with van der Waals surface area (Å²) in [6.45, 7) is 7.30. The Labute approximate surface area is 183 Å². The van der Waals surface area contributed by atoms with Gasteiger partial charge in [0.1, 0.15) is 0 Å². The van der Waals surface area contributed by atoms with Crippen molar-refractivity contribution in [3.8, 4) is 0 Å². The minimum atomic E-state index is -2.01. The predicted octanol–water partition coefficient (Wildman–Crippen LogP) is 1.06. The summed E-state index contributed by atoms with van der Waals surface area (Å²) in [6.07, 6.45) is 3.34. The van der Waals surface area contributed by atoms with Crippen LogP contribution in [0.5, 0.6) is 0 Å². The predicted molar refractivity (Wildman–Crippen MR) is 113 cm³/mol. The highest BCUT2D eigenvalue weighted by molar-refractivity contribution is 5.90. The lowest BCUT2D eigenvalue weighted by Gasteiger charge is -2.35. The number of likely N-dealkylation sites (tertiary alicyclic amines) is 1. The quantitative estimate of drug-likeness (QED) is 0.414. The summed E-state index contributed by atoms with van der Waals surface area (Å²) in [5.74, 6) is -1.85. The largest absolute Gasteiger partial charge is 0.478 e. The lowest BCUT2D eigenvalue weighted by Crippen LogP contribution is -2.65. The first-order valence-corrected chi connectivity index (χ1v) is 11.1. The highest BCUT2D eigenvalue weighted by Crippen LogP contribution is 2.22. The number of aliphatic carboxylic acids is 1. The Morgan fingerprint density at radius 3 is 2.45 bits per heavy atom. The molecule has 2 aliphatic rings. The van der Waals surface area contributed by atoms with E-state index in [2.05, 4.69) is 16.0 Å². The van der Waals surface area contributed by atoms with E-state index < -0.39 is 35.7 Å². The number of amides is 3. The number of nitrogens with one attached hydrogen (secondary N) is 3. The zero-order valence-corrected chi connectivity index (χ0v) is 18.7. The van der Waals surface area contributed by atoms with Crippen molar-refractivity contribution in [2.45, 2.75) is 71.1 Å². The summed E-state index contributed by atoms with van der Waals surface area (Å²) in [6, 6.07) is 0. The minimum absolute atomic E-state index is 0.0377. The van der Waals surface area contributed by atoms with E-state index in [-0.39, 0.29) is 12.5 Å². The van der Waals surface area contributed by atoms with Crippen LogP contribution in [0.25, 0.3) is 0 Å². The van der Waals surface area contributed by atoms with Crippen molar-refractivity contribution in [3.63, 3.8) is 0 Å². The zero-order chi connectivity index (χ0) is 23.0. The van der Waals surface area contributed by atoms with E-state index in [0.717, 1.165) is 32.4 Å². The van der Waals surface area contributed by atoms with Crippen LogP contribution < -0.4 is 16.0 Å². The molecule has 2 saturated heterocycles. The first-order valence-electron chi connectivity index (χ1n) is 11.1. The summed E-state index contributed by atoms with van der Waals surface area (Å²) in [7, 11) is 0. The van der Waals surface area contributed by atoms with Gasteiger partial charge in [-0.15, -0.1) is 0 Å². The maximum Gasteiger partial charge on any atom is 0.409 e. The van der Waals surface area contributed by atoms with E-state index in [4.69, 9.17) is 4.74 Å². The second-order valence-corrected chi connectivity index (χ2v) is 8.91. The Kier molecular flexibility index (Phi) is 9.09. The molecule has 176 valence electrons. The number of carbonyl (C=O) groups is 4. The molecular formula is C21H36N4O6. The van der Waals surface area contributed by atoms with Crippen molar-refractivity contribution in [1.82, 2.24) is 20.9 Å². The van der Waals surface area contributed by atoms with Gasteiger partial charge in [0, 0.05) is 19.5 Å². The molecule has 0 aliphatic carbocycles. The molecule has 0 unspecified atom stereocenters. The van der Waals surface area contributed by atoms with E-state index in [0.29, 0.717) is 31.7 Å². The number of alkyl carbamates (subject to hydrolysis) is 1. The van der Waals surface area contributed by atoms with Crippen LogP contribution in [-0.2, 0) is 19.1 Å². The van der Waals surface area contributed by atoms with Crippen molar-refractivity contribution < 1.29 is 29.0 Å². The zero-order valence-electron chi connectivity index (χ0n) is 18.7. The molecule has 0 bridgehead atoms. The SMILES string of the molecule is CC(C)OC(=O)N[C@@](C)(NC(=O)[C@@H]1CCCN(C(=O)CCC2CCNCC2)C1)C(=O)O. The molecule has 0 aromatic carbocycles. The summed E-state index contributed by atoms with van der Waals surface area (Å²) < 4.78 is 4.93. The third-order valence-corrected chi connectivity index (χ3v) is 5.87. The number of nitrogens with zero attached hydrogens (tertiary/aromatic N) is 1. The molecule has 2 aliphatic heterocycles. The van der Waals surface area contributed by atoms with E-state index in [1.807, 2.05) is 0 Å². The Hall–Kier alpha value is -2.36. The molecule has 31 heavy (non-hydrogen) atoms. The van der Waals surface area contributed by atoms with E-state index in [1.54, 1.807) is 18.7 Å². The second kappa shape index (κ2) is 11.3. The summed E-state index contributed by atoms with van der Waals surface area (Å²) >= 11 is 0. The molecule has 0 aromatic rings. The third-order valence-electron chi connectivity index (χ3n) is 5.87. The van der Waals surface area contributed by atoms with Gasteiger partial charge >= 0.3 is 12.1 Å². The maximum absolute atomic E-state index is 12.8. The molecule has 0 radical (unpaired) electrons. The number of hydrogen-bond acceptors (Lipinski definition) is 6. The van der Waals surface area contributed by atoms with Crippen molar-refractivity contribution in [1.29, 1.82) is 0 Å². The van der Waals surface area contributed by atoms with Gasteiger partial charge in [-0.3, -0.25) is 14.9 Å². The monoisotopic (exact) mass is 440 g/mol. The highest BCUT2D eigenvalue weighted by Gasteiger charge is 2.40. The Morgan fingerprint density at radius 2 is 1.84 bits per heavy atom. The fourth-order valence-electron chi connectivity index (χ4n) is 4.01. The smallest absolute Gasteiger partial charge is 0.409 e. The first-order chi connectivity index (χ1) is 14.6. The lowest BCUT2D eigenvalue weighted by molar-refractivity contribution is -0.149. The van der Waals surface area contributed by atoms with Crippen molar-refractivity contribution in [2.24, 2.45) is 11.8 Å². The van der Waals surface area contributed by atoms with Gasteiger partial charge in [0.05, 0.1) is 12.0 Å². The number of piperidine rings is 2. The van der Waals surface area contributed by atoms with Crippen LogP contribution in [0.3, 0.4) is 0 Å². The molecule has 0 saturated carbocycles. The van der Waals surface area contributed by atoms with Crippen molar-refractivity contribution >= 4 is 23.9 Å². The molecule has 2 atom stereocenters. The van der Waals surface area contributed by atoms with Crippen molar-refractivity contribution in [3.05, 3.63) is 0 Å². The molecule has 0 spiro atoms. The van der Waals surface area contributed by atoms with Crippen LogP contribution in [0.4, 0.5) is 4.79 Å². The highest BCUT2D eigenvalue weighted by atomic mass is 16.6. The number of hydrogen-bond donors (Lipinski definition) is 4. The topological polar surface area (TPSA) is 137 Å². The van der Waals surface area contributed by atoms with Crippen LogP contribution in [-0.4, -0.2) is 71.8 Å².